The van der Waals surface area contributed by atoms with Gasteiger partial charge in [-0.25, -0.2) is 0 Å². The maximum Gasteiger partial charge on any atom is 0.0767 e. The molecule has 0 unspecified atom stereocenters. The van der Waals surface area contributed by atoms with Crippen LogP contribution in [0.1, 0.15) is 47.0 Å². The van der Waals surface area contributed by atoms with Gasteiger partial charge >= 0.3 is 0 Å². The van der Waals surface area contributed by atoms with Crippen molar-refractivity contribution in [2.45, 2.75) is 58.1 Å². The number of hydrogen-bond acceptors (Lipinski definition) is 3. The van der Waals surface area contributed by atoms with Gasteiger partial charge in [0.25, 0.3) is 0 Å². The van der Waals surface area contributed by atoms with Crippen LogP contribution in [0.15, 0.2) is 0 Å². The third-order valence-corrected chi connectivity index (χ3v) is 2.93. The van der Waals surface area contributed by atoms with E-state index in [4.69, 9.17) is 5.11 Å². The maximum absolute atomic E-state index is 9.85. The maximum atomic E-state index is 9.85. The molecule has 0 aliphatic rings. The third kappa shape index (κ3) is 4.94. The molecular formula is C11H25NO2. The summed E-state index contributed by atoms with van der Waals surface area (Å²) in [6.07, 6.45) is 2.94. The van der Waals surface area contributed by atoms with Gasteiger partial charge in [-0.1, -0.05) is 0 Å². The average molecular weight is 203 g/mol. The Balaban J connectivity index is 3.67. The molecule has 0 saturated heterocycles. The molecule has 0 aromatic carbocycles. The molecule has 0 atom stereocenters. The first-order valence-corrected chi connectivity index (χ1v) is 5.39. The first kappa shape index (κ1) is 13.9. The van der Waals surface area contributed by atoms with Crippen molar-refractivity contribution in [3.8, 4) is 0 Å². The molecule has 3 nitrogen and oxygen atoms in total. The van der Waals surface area contributed by atoms with Gasteiger partial charge in [0, 0.05) is 12.1 Å². The van der Waals surface area contributed by atoms with Gasteiger partial charge in [-0.3, -0.25) is 0 Å². The molecule has 0 heterocycles. The molecule has 0 amide bonds. The van der Waals surface area contributed by atoms with Crippen LogP contribution < -0.4 is 5.32 Å². The average Bonchev–Trinajstić information content (AvgIpc) is 2.02. The van der Waals surface area contributed by atoms with Crippen molar-refractivity contribution in [2.24, 2.45) is 0 Å². The van der Waals surface area contributed by atoms with Crippen molar-refractivity contribution in [3.63, 3.8) is 0 Å². The van der Waals surface area contributed by atoms with E-state index < -0.39 is 5.60 Å². The summed E-state index contributed by atoms with van der Waals surface area (Å²) in [6.45, 7) is 8.78. The van der Waals surface area contributed by atoms with Crippen LogP contribution in [0, 0.1) is 0 Å². The van der Waals surface area contributed by atoms with Gasteiger partial charge in [0.1, 0.15) is 0 Å². The van der Waals surface area contributed by atoms with Crippen molar-refractivity contribution >= 4 is 0 Å². The fourth-order valence-corrected chi connectivity index (χ4v) is 1.03. The minimum atomic E-state index is -0.718. The molecule has 86 valence electrons. The van der Waals surface area contributed by atoms with Crippen LogP contribution in [0.3, 0.4) is 0 Å². The van der Waals surface area contributed by atoms with Gasteiger partial charge in [-0.2, -0.15) is 0 Å². The minimum Gasteiger partial charge on any atom is -0.396 e. The second-order valence-corrected chi connectivity index (χ2v) is 4.90. The van der Waals surface area contributed by atoms with E-state index in [0.717, 1.165) is 25.8 Å². The zero-order valence-corrected chi connectivity index (χ0v) is 9.93. The quantitative estimate of drug-likeness (QED) is 0.546. The Morgan fingerprint density at radius 3 is 2.00 bits per heavy atom. The second kappa shape index (κ2) is 5.69. The van der Waals surface area contributed by atoms with Crippen LogP contribution in [-0.2, 0) is 0 Å². The van der Waals surface area contributed by atoms with Crippen molar-refractivity contribution in [3.05, 3.63) is 0 Å². The van der Waals surface area contributed by atoms with Crippen molar-refractivity contribution < 1.29 is 10.2 Å². The van der Waals surface area contributed by atoms with E-state index in [1.54, 1.807) is 0 Å². The van der Waals surface area contributed by atoms with Crippen LogP contribution in [0.2, 0.25) is 0 Å². The smallest absolute Gasteiger partial charge is 0.0767 e. The van der Waals surface area contributed by atoms with E-state index in [-0.39, 0.29) is 12.1 Å². The molecule has 0 saturated carbocycles. The van der Waals surface area contributed by atoms with E-state index in [1.165, 1.54) is 0 Å². The highest BCUT2D eigenvalue weighted by atomic mass is 16.3. The molecule has 0 aromatic rings. The summed E-state index contributed by atoms with van der Waals surface area (Å²) in [5, 5.41) is 21.8. The molecule has 0 radical (unpaired) electrons. The van der Waals surface area contributed by atoms with Crippen LogP contribution in [-0.4, -0.2) is 34.5 Å². The summed E-state index contributed by atoms with van der Waals surface area (Å²) in [4.78, 5) is 0. The third-order valence-electron chi connectivity index (χ3n) is 2.93. The predicted octanol–water partition coefficient (Wildman–Crippen LogP) is 1.29. The van der Waals surface area contributed by atoms with E-state index in [0.29, 0.717) is 0 Å². The summed E-state index contributed by atoms with van der Waals surface area (Å²) in [6, 6.07) is 0. The lowest BCUT2D eigenvalue weighted by Gasteiger charge is -2.38. The van der Waals surface area contributed by atoms with E-state index in [9.17, 15) is 5.11 Å². The predicted molar refractivity (Wildman–Crippen MR) is 59.3 cm³/mol. The number of rotatable bonds is 7. The van der Waals surface area contributed by atoms with Gasteiger partial charge in [0.2, 0.25) is 0 Å². The molecule has 0 bridgehead atoms. The van der Waals surface area contributed by atoms with Crippen molar-refractivity contribution in [1.82, 2.24) is 5.32 Å². The van der Waals surface area contributed by atoms with Gasteiger partial charge in [0.15, 0.2) is 0 Å². The largest absolute Gasteiger partial charge is 0.396 e. The molecule has 14 heavy (non-hydrogen) atoms. The van der Waals surface area contributed by atoms with Crippen LogP contribution in [0.25, 0.3) is 0 Å². The lowest BCUT2D eigenvalue weighted by Crippen LogP contribution is -2.56. The van der Waals surface area contributed by atoms with Gasteiger partial charge < -0.3 is 15.5 Å². The molecule has 0 fully saturated rings. The van der Waals surface area contributed by atoms with E-state index in [1.807, 2.05) is 27.7 Å². The van der Waals surface area contributed by atoms with E-state index >= 15 is 0 Å². The summed E-state index contributed by atoms with van der Waals surface area (Å²) in [5.74, 6) is 0. The highest BCUT2D eigenvalue weighted by molar-refractivity contribution is 4.93. The van der Waals surface area contributed by atoms with E-state index in [2.05, 4.69) is 5.32 Å². The molecule has 3 heteroatoms. The molecule has 3 N–H and O–H groups in total. The Labute approximate surface area is 87.5 Å². The number of aliphatic hydroxyl groups is 2. The Kier molecular flexibility index (Phi) is 5.64. The van der Waals surface area contributed by atoms with Crippen LogP contribution in [0.5, 0.6) is 0 Å². The summed E-state index contributed by atoms with van der Waals surface area (Å²) in [5.41, 5.74) is -0.990. The molecule has 0 spiro atoms. The fraction of sp³-hybridized carbons (Fsp3) is 1.00. The highest BCUT2D eigenvalue weighted by Crippen LogP contribution is 2.20. The molecule has 0 aliphatic carbocycles. The van der Waals surface area contributed by atoms with Crippen molar-refractivity contribution in [2.75, 3.05) is 13.2 Å². The second-order valence-electron chi connectivity index (χ2n) is 4.90. The van der Waals surface area contributed by atoms with Crippen molar-refractivity contribution in [1.29, 1.82) is 0 Å². The zero-order valence-electron chi connectivity index (χ0n) is 9.93. The minimum absolute atomic E-state index is 0.272. The van der Waals surface area contributed by atoms with Gasteiger partial charge in [0.05, 0.1) is 5.60 Å². The number of unbranched alkanes of at least 4 members (excludes halogenated alkanes) is 2. The van der Waals surface area contributed by atoms with Crippen LogP contribution >= 0.6 is 0 Å². The summed E-state index contributed by atoms with van der Waals surface area (Å²) < 4.78 is 0. The molecule has 0 rings (SSSR count). The van der Waals surface area contributed by atoms with Crippen LogP contribution in [0.4, 0.5) is 0 Å². The lowest BCUT2D eigenvalue weighted by molar-refractivity contribution is -0.00444. The Morgan fingerprint density at radius 2 is 1.57 bits per heavy atom. The topological polar surface area (TPSA) is 52.5 Å². The first-order valence-electron chi connectivity index (χ1n) is 5.39. The first-order chi connectivity index (χ1) is 6.31. The zero-order chi connectivity index (χ0) is 11.2. The number of hydrogen-bond donors (Lipinski definition) is 3. The van der Waals surface area contributed by atoms with Gasteiger partial charge in [-0.05, 0) is 53.5 Å². The van der Waals surface area contributed by atoms with Gasteiger partial charge in [-0.15, -0.1) is 0 Å². The molecule has 0 aromatic heterocycles. The fourth-order valence-electron chi connectivity index (χ4n) is 1.03. The molecular weight excluding hydrogens is 178 g/mol. The number of aliphatic hydroxyl groups excluding tert-OH is 1. The Bertz CT molecular complexity index is 150. The Hall–Kier alpha value is -0.120. The monoisotopic (exact) mass is 203 g/mol. The summed E-state index contributed by atoms with van der Waals surface area (Å²) in [7, 11) is 0. The standard InChI is InChI=1S/C11H25NO2/c1-10(2,11(3,4)14)12-8-6-5-7-9-13/h12-14H,5-9H2,1-4H3. The SMILES string of the molecule is CC(C)(O)C(C)(C)NCCCCCO. The Morgan fingerprint density at radius 1 is 1.00 bits per heavy atom. The molecule has 0 aliphatic heterocycles. The lowest BCUT2D eigenvalue weighted by atomic mass is 9.86. The number of nitrogens with one attached hydrogen (secondary N) is 1. The summed E-state index contributed by atoms with van der Waals surface area (Å²) >= 11 is 0. The normalized spacial score (nSPS) is 13.3. The highest BCUT2D eigenvalue weighted by Gasteiger charge is 2.33.